The van der Waals surface area contributed by atoms with Crippen molar-refractivity contribution in [3.8, 4) is 0 Å². The second-order valence-corrected chi connectivity index (χ2v) is 7.87. The lowest BCUT2D eigenvalue weighted by Gasteiger charge is -2.25. The van der Waals surface area contributed by atoms with Gasteiger partial charge in [-0.05, 0) is 69.6 Å². The summed E-state index contributed by atoms with van der Waals surface area (Å²) >= 11 is 0. The zero-order chi connectivity index (χ0) is 18.4. The molecule has 0 radical (unpaired) electrons. The first kappa shape index (κ1) is 19.7. The molecule has 1 unspecified atom stereocenters. The quantitative estimate of drug-likeness (QED) is 0.738. The summed E-state index contributed by atoms with van der Waals surface area (Å²) in [6.07, 6.45) is 3.24. The van der Waals surface area contributed by atoms with E-state index in [1.165, 1.54) is 16.7 Å². The number of carbonyl (C=O) groups excluding carboxylic acids is 1. The molecule has 0 aromatic heterocycles. The van der Waals surface area contributed by atoms with Gasteiger partial charge in [-0.2, -0.15) is 0 Å². The van der Waals surface area contributed by atoms with Gasteiger partial charge in [-0.1, -0.05) is 18.2 Å². The third-order valence-corrected chi connectivity index (χ3v) is 4.51. The molecule has 0 fully saturated rings. The Bertz CT molecular complexity index is 580. The Hall–Kier alpha value is -1.59. The molecule has 0 bridgehead atoms. The molecule has 0 saturated carbocycles. The number of rotatable bonds is 6. The maximum absolute atomic E-state index is 11.9. The molecule has 1 aromatic carbocycles. The van der Waals surface area contributed by atoms with Crippen molar-refractivity contribution >= 4 is 6.09 Å². The van der Waals surface area contributed by atoms with Gasteiger partial charge in [0.1, 0.15) is 5.60 Å². The van der Waals surface area contributed by atoms with Crippen LogP contribution in [0, 0.1) is 0 Å². The number of carbonyl (C=O) groups is 1. The SMILES string of the molecule is CC(C)(C)OC(=O)NC[C@H](CCCO)c1ccc2c(c1)CCC(O)C2. The van der Waals surface area contributed by atoms with E-state index in [1.54, 1.807) is 0 Å². The second-order valence-electron chi connectivity index (χ2n) is 7.87. The first-order valence-electron chi connectivity index (χ1n) is 9.16. The van der Waals surface area contributed by atoms with Crippen LogP contribution < -0.4 is 5.32 Å². The number of benzene rings is 1. The maximum Gasteiger partial charge on any atom is 0.407 e. The number of fused-ring (bicyclic) bond motifs is 1. The minimum atomic E-state index is -0.517. The summed E-state index contributed by atoms with van der Waals surface area (Å²) in [5.41, 5.74) is 3.15. The van der Waals surface area contributed by atoms with Crippen LogP contribution in [0.4, 0.5) is 4.79 Å². The van der Waals surface area contributed by atoms with Crippen LogP contribution in [0.15, 0.2) is 18.2 Å². The van der Waals surface area contributed by atoms with E-state index in [9.17, 15) is 15.0 Å². The highest BCUT2D eigenvalue weighted by atomic mass is 16.6. The Balaban J connectivity index is 2.05. The number of hydrogen-bond donors (Lipinski definition) is 3. The molecule has 2 atom stereocenters. The van der Waals surface area contributed by atoms with E-state index >= 15 is 0 Å². The third kappa shape index (κ3) is 6.33. The van der Waals surface area contributed by atoms with Gasteiger partial charge in [-0.25, -0.2) is 4.79 Å². The van der Waals surface area contributed by atoms with Gasteiger partial charge in [0.05, 0.1) is 6.10 Å². The van der Waals surface area contributed by atoms with Crippen molar-refractivity contribution in [3.63, 3.8) is 0 Å². The van der Waals surface area contributed by atoms with Crippen LogP contribution >= 0.6 is 0 Å². The Morgan fingerprint density at radius 1 is 1.36 bits per heavy atom. The largest absolute Gasteiger partial charge is 0.444 e. The second kappa shape index (κ2) is 8.68. The van der Waals surface area contributed by atoms with Crippen LogP contribution in [-0.2, 0) is 17.6 Å². The minimum Gasteiger partial charge on any atom is -0.444 e. The van der Waals surface area contributed by atoms with E-state index in [0.717, 1.165) is 19.3 Å². The number of aryl methyl sites for hydroxylation is 1. The van der Waals surface area contributed by atoms with Crippen LogP contribution in [0.3, 0.4) is 0 Å². The molecular weight excluding hydrogens is 318 g/mol. The molecule has 0 spiro atoms. The molecule has 0 heterocycles. The lowest BCUT2D eigenvalue weighted by molar-refractivity contribution is 0.0523. The number of hydrogen-bond acceptors (Lipinski definition) is 4. The van der Waals surface area contributed by atoms with Crippen LogP contribution in [0.25, 0.3) is 0 Å². The molecular formula is C20H31NO4. The predicted molar refractivity (Wildman–Crippen MR) is 97.8 cm³/mol. The molecule has 5 heteroatoms. The van der Waals surface area contributed by atoms with Crippen molar-refractivity contribution < 1.29 is 19.7 Å². The van der Waals surface area contributed by atoms with E-state index in [0.29, 0.717) is 19.4 Å². The monoisotopic (exact) mass is 349 g/mol. The van der Waals surface area contributed by atoms with Crippen LogP contribution in [0.1, 0.15) is 62.6 Å². The van der Waals surface area contributed by atoms with Gasteiger partial charge in [0.15, 0.2) is 0 Å². The number of alkyl carbamates (subject to hydrolysis) is 1. The van der Waals surface area contributed by atoms with Crippen molar-refractivity contribution in [3.05, 3.63) is 34.9 Å². The fourth-order valence-electron chi connectivity index (χ4n) is 3.25. The maximum atomic E-state index is 11.9. The molecule has 1 aliphatic rings. The highest BCUT2D eigenvalue weighted by Crippen LogP contribution is 2.28. The molecule has 5 nitrogen and oxygen atoms in total. The summed E-state index contributed by atoms with van der Waals surface area (Å²) in [5, 5.41) is 21.8. The Kier molecular flexibility index (Phi) is 6.85. The fourth-order valence-corrected chi connectivity index (χ4v) is 3.25. The molecule has 1 amide bonds. The molecule has 1 aromatic rings. The van der Waals surface area contributed by atoms with Gasteiger partial charge >= 0.3 is 6.09 Å². The average Bonchev–Trinajstić information content (AvgIpc) is 2.53. The lowest BCUT2D eigenvalue weighted by Crippen LogP contribution is -2.35. The highest BCUT2D eigenvalue weighted by molar-refractivity contribution is 5.67. The molecule has 3 N–H and O–H groups in total. The summed E-state index contributed by atoms with van der Waals surface area (Å²) < 4.78 is 5.30. The standard InChI is InChI=1S/C20H31NO4/c1-20(2,3)25-19(24)21-13-17(5-4-10-22)15-6-7-16-12-18(23)9-8-14(16)11-15/h6-7,11,17-18,22-23H,4-5,8-10,12-13H2,1-3H3,(H,21,24)/t17-,18?/m0/s1. The van der Waals surface area contributed by atoms with Gasteiger partial charge in [-0.15, -0.1) is 0 Å². The van der Waals surface area contributed by atoms with E-state index in [1.807, 2.05) is 20.8 Å². The van der Waals surface area contributed by atoms with Crippen LogP contribution in [0.2, 0.25) is 0 Å². The van der Waals surface area contributed by atoms with E-state index in [2.05, 4.69) is 23.5 Å². The smallest absolute Gasteiger partial charge is 0.407 e. The number of nitrogens with one attached hydrogen (secondary N) is 1. The van der Waals surface area contributed by atoms with Crippen molar-refractivity contribution in [2.75, 3.05) is 13.2 Å². The molecule has 0 saturated heterocycles. The summed E-state index contributed by atoms with van der Waals surface area (Å²) in [5.74, 6) is 0.136. The summed E-state index contributed by atoms with van der Waals surface area (Å²) in [6, 6.07) is 6.36. The number of aliphatic hydroxyl groups is 2. The Labute approximate surface area is 150 Å². The summed E-state index contributed by atoms with van der Waals surface area (Å²) in [4.78, 5) is 11.9. The number of aliphatic hydroxyl groups excluding tert-OH is 2. The van der Waals surface area contributed by atoms with Gasteiger partial charge in [0, 0.05) is 19.1 Å². The normalized spacial score (nSPS) is 18.4. The molecule has 0 aliphatic heterocycles. The van der Waals surface area contributed by atoms with Gasteiger partial charge in [0.25, 0.3) is 0 Å². The van der Waals surface area contributed by atoms with Gasteiger partial charge in [0.2, 0.25) is 0 Å². The van der Waals surface area contributed by atoms with Crippen molar-refractivity contribution in [1.29, 1.82) is 0 Å². The predicted octanol–water partition coefficient (Wildman–Crippen LogP) is 2.92. The number of amides is 1. The van der Waals surface area contributed by atoms with Gasteiger partial charge < -0.3 is 20.3 Å². The molecule has 140 valence electrons. The Morgan fingerprint density at radius 2 is 2.12 bits per heavy atom. The third-order valence-electron chi connectivity index (χ3n) is 4.51. The average molecular weight is 349 g/mol. The first-order chi connectivity index (χ1) is 11.8. The van der Waals surface area contributed by atoms with E-state index < -0.39 is 11.7 Å². The minimum absolute atomic E-state index is 0.136. The topological polar surface area (TPSA) is 78.8 Å². The van der Waals surface area contributed by atoms with Crippen molar-refractivity contribution in [2.45, 2.75) is 70.5 Å². The Morgan fingerprint density at radius 3 is 2.80 bits per heavy atom. The summed E-state index contributed by atoms with van der Waals surface area (Å²) in [6.45, 7) is 6.14. The van der Waals surface area contributed by atoms with E-state index in [-0.39, 0.29) is 18.6 Å². The highest BCUT2D eigenvalue weighted by Gasteiger charge is 2.21. The van der Waals surface area contributed by atoms with Gasteiger partial charge in [-0.3, -0.25) is 0 Å². The van der Waals surface area contributed by atoms with Crippen molar-refractivity contribution in [1.82, 2.24) is 5.32 Å². The van der Waals surface area contributed by atoms with E-state index in [4.69, 9.17) is 4.74 Å². The molecule has 1 aliphatic carbocycles. The molecule has 25 heavy (non-hydrogen) atoms. The fraction of sp³-hybridized carbons (Fsp3) is 0.650. The van der Waals surface area contributed by atoms with Crippen LogP contribution in [-0.4, -0.2) is 41.2 Å². The first-order valence-corrected chi connectivity index (χ1v) is 9.16. The zero-order valence-corrected chi connectivity index (χ0v) is 15.5. The van der Waals surface area contributed by atoms with Crippen molar-refractivity contribution in [2.24, 2.45) is 0 Å². The van der Waals surface area contributed by atoms with Crippen LogP contribution in [0.5, 0.6) is 0 Å². The zero-order valence-electron chi connectivity index (χ0n) is 15.5. The summed E-state index contributed by atoms with van der Waals surface area (Å²) in [7, 11) is 0. The molecule has 2 rings (SSSR count). The lowest BCUT2D eigenvalue weighted by atomic mass is 9.85. The number of ether oxygens (including phenoxy) is 1.